The van der Waals surface area contributed by atoms with Crippen molar-refractivity contribution in [2.24, 2.45) is 12.0 Å². The minimum absolute atomic E-state index is 0.0595. The molecule has 2 atom stereocenters. The van der Waals surface area contributed by atoms with Crippen LogP contribution in [-0.4, -0.2) is 22.0 Å². The third-order valence-corrected chi connectivity index (χ3v) is 4.91. The average molecular weight is 316 g/mol. The van der Waals surface area contributed by atoms with Crippen LogP contribution in [-0.2, 0) is 7.05 Å². The Morgan fingerprint density at radius 2 is 2.14 bits per heavy atom. The molecular formula is C16H17FN4S. The third-order valence-electron chi connectivity index (χ3n) is 3.84. The molecule has 0 aliphatic heterocycles. The molecule has 2 aromatic rings. The van der Waals surface area contributed by atoms with Crippen LogP contribution in [0.1, 0.15) is 31.2 Å². The van der Waals surface area contributed by atoms with E-state index in [0.717, 1.165) is 28.2 Å². The Morgan fingerprint density at radius 3 is 2.82 bits per heavy atom. The van der Waals surface area contributed by atoms with Gasteiger partial charge < -0.3 is 0 Å². The summed E-state index contributed by atoms with van der Waals surface area (Å²) < 4.78 is 15.2. The van der Waals surface area contributed by atoms with Gasteiger partial charge in [0.2, 0.25) is 4.80 Å². The number of hydrogen-bond donors (Lipinski definition) is 0. The Balaban J connectivity index is 1.88. The second kappa shape index (κ2) is 6.41. The molecule has 1 aromatic carbocycles. The van der Waals surface area contributed by atoms with Crippen molar-refractivity contribution in [2.45, 2.75) is 37.9 Å². The van der Waals surface area contributed by atoms with Crippen LogP contribution in [0.25, 0.3) is 10.6 Å². The van der Waals surface area contributed by atoms with E-state index in [-0.39, 0.29) is 6.04 Å². The molecule has 1 saturated carbocycles. The summed E-state index contributed by atoms with van der Waals surface area (Å²) in [7, 11) is 1.86. The molecule has 4 nitrogen and oxygen atoms in total. The van der Waals surface area contributed by atoms with E-state index < -0.39 is 6.17 Å². The van der Waals surface area contributed by atoms with Crippen molar-refractivity contribution in [1.29, 1.82) is 5.26 Å². The lowest BCUT2D eigenvalue weighted by molar-refractivity contribution is 0.231. The van der Waals surface area contributed by atoms with Crippen LogP contribution in [0, 0.1) is 11.3 Å². The molecule has 114 valence electrons. The highest BCUT2D eigenvalue weighted by Gasteiger charge is 2.21. The van der Waals surface area contributed by atoms with Gasteiger partial charge in [-0.25, -0.2) is 9.07 Å². The molecule has 0 spiro atoms. The lowest BCUT2D eigenvalue weighted by atomic mass is 9.94. The topological polar surface area (TPSA) is 54.0 Å². The largest absolute Gasteiger partial charge is 0.254 e. The first-order valence-corrected chi connectivity index (χ1v) is 8.20. The smallest absolute Gasteiger partial charge is 0.203 e. The van der Waals surface area contributed by atoms with Gasteiger partial charge in [0.15, 0.2) is 0 Å². The zero-order valence-electron chi connectivity index (χ0n) is 12.4. The number of benzene rings is 1. The van der Waals surface area contributed by atoms with Gasteiger partial charge in [-0.05, 0) is 31.4 Å². The van der Waals surface area contributed by atoms with E-state index in [9.17, 15) is 4.39 Å². The van der Waals surface area contributed by atoms with Crippen LogP contribution in [0.15, 0.2) is 29.3 Å². The Bertz CT molecular complexity index is 754. The molecule has 1 aromatic heterocycles. The van der Waals surface area contributed by atoms with Gasteiger partial charge in [-0.3, -0.25) is 4.99 Å². The van der Waals surface area contributed by atoms with Crippen LogP contribution in [0.3, 0.4) is 0 Å². The number of rotatable bonds is 2. The number of halogens is 1. The molecule has 0 saturated heterocycles. The first-order valence-electron chi connectivity index (χ1n) is 7.38. The molecule has 6 heteroatoms. The minimum Gasteiger partial charge on any atom is -0.254 e. The van der Waals surface area contributed by atoms with Crippen molar-refractivity contribution in [2.75, 3.05) is 0 Å². The van der Waals surface area contributed by atoms with Crippen molar-refractivity contribution in [1.82, 2.24) is 9.78 Å². The summed E-state index contributed by atoms with van der Waals surface area (Å²) in [6.07, 6.45) is 2.31. The van der Waals surface area contributed by atoms with E-state index in [2.05, 4.69) is 16.2 Å². The number of aryl methyl sites for hydroxylation is 1. The van der Waals surface area contributed by atoms with Crippen molar-refractivity contribution >= 4 is 11.3 Å². The van der Waals surface area contributed by atoms with E-state index in [1.807, 2.05) is 19.2 Å². The quantitative estimate of drug-likeness (QED) is 0.854. The Morgan fingerprint density at radius 1 is 1.36 bits per heavy atom. The monoisotopic (exact) mass is 316 g/mol. The molecule has 2 unspecified atom stereocenters. The summed E-state index contributed by atoms with van der Waals surface area (Å²) in [5.74, 6) is 0. The zero-order chi connectivity index (χ0) is 15.5. The second-order valence-corrected chi connectivity index (χ2v) is 6.51. The maximum absolute atomic E-state index is 13.5. The number of aromatic nitrogens is 2. The van der Waals surface area contributed by atoms with Crippen LogP contribution >= 0.6 is 11.3 Å². The van der Waals surface area contributed by atoms with Crippen LogP contribution in [0.5, 0.6) is 0 Å². The fraction of sp³-hybridized carbons (Fsp3) is 0.438. The molecule has 3 rings (SSSR count). The van der Waals surface area contributed by atoms with Gasteiger partial charge in [-0.1, -0.05) is 23.5 Å². The summed E-state index contributed by atoms with van der Waals surface area (Å²) in [5.41, 5.74) is 1.60. The zero-order valence-corrected chi connectivity index (χ0v) is 13.2. The number of nitriles is 1. The van der Waals surface area contributed by atoms with E-state index in [1.54, 1.807) is 16.8 Å². The van der Waals surface area contributed by atoms with Gasteiger partial charge in [0.1, 0.15) is 11.2 Å². The molecule has 1 heterocycles. The van der Waals surface area contributed by atoms with E-state index in [1.165, 1.54) is 11.3 Å². The molecule has 0 radical (unpaired) electrons. The molecule has 1 aliphatic carbocycles. The molecule has 0 N–H and O–H groups in total. The summed E-state index contributed by atoms with van der Waals surface area (Å²) in [5, 5.41) is 14.2. The predicted octanol–water partition coefficient (Wildman–Crippen LogP) is 3.20. The van der Waals surface area contributed by atoms with Gasteiger partial charge in [-0.15, -0.1) is 0 Å². The Kier molecular flexibility index (Phi) is 4.34. The molecule has 22 heavy (non-hydrogen) atoms. The van der Waals surface area contributed by atoms with Gasteiger partial charge >= 0.3 is 0 Å². The maximum Gasteiger partial charge on any atom is 0.203 e. The van der Waals surface area contributed by atoms with E-state index >= 15 is 0 Å². The molecule has 1 aliphatic rings. The molecule has 0 amide bonds. The summed E-state index contributed by atoms with van der Waals surface area (Å²) in [6, 6.07) is 9.50. The van der Waals surface area contributed by atoms with Crippen molar-refractivity contribution in [3.05, 3.63) is 34.6 Å². The molecule has 0 bridgehead atoms. The average Bonchev–Trinajstić information content (AvgIpc) is 2.88. The normalized spacial score (nSPS) is 22.5. The standard InChI is InChI=1S/C16H17FN4S/c1-21-16(19-14-4-2-3-13(17)9-14)22-15(20-21)12-7-5-11(10-18)6-8-12/h5-8,13-14H,2-4,9H2,1H3/b19-16+. The van der Waals surface area contributed by atoms with Crippen molar-refractivity contribution < 1.29 is 4.39 Å². The van der Waals surface area contributed by atoms with Gasteiger partial charge in [0.25, 0.3) is 0 Å². The first kappa shape index (κ1) is 14.9. The summed E-state index contributed by atoms with van der Waals surface area (Å²) in [6.45, 7) is 0. The van der Waals surface area contributed by atoms with Crippen LogP contribution < -0.4 is 4.80 Å². The van der Waals surface area contributed by atoms with E-state index in [4.69, 9.17) is 5.26 Å². The number of nitrogens with zero attached hydrogens (tertiary/aromatic N) is 4. The lowest BCUT2D eigenvalue weighted by Gasteiger charge is -2.20. The van der Waals surface area contributed by atoms with Crippen LogP contribution in [0.2, 0.25) is 0 Å². The predicted molar refractivity (Wildman–Crippen MR) is 84.0 cm³/mol. The van der Waals surface area contributed by atoms with Gasteiger partial charge in [-0.2, -0.15) is 10.4 Å². The van der Waals surface area contributed by atoms with E-state index in [0.29, 0.717) is 18.4 Å². The molecule has 1 fully saturated rings. The third kappa shape index (κ3) is 3.25. The maximum atomic E-state index is 13.5. The van der Waals surface area contributed by atoms with Gasteiger partial charge in [0.05, 0.1) is 17.7 Å². The fourth-order valence-electron chi connectivity index (χ4n) is 2.65. The van der Waals surface area contributed by atoms with Gasteiger partial charge in [0, 0.05) is 19.0 Å². The first-order chi connectivity index (χ1) is 10.7. The fourth-order valence-corrected chi connectivity index (χ4v) is 3.61. The highest BCUT2D eigenvalue weighted by molar-refractivity contribution is 7.12. The van der Waals surface area contributed by atoms with Crippen molar-refractivity contribution in [3.8, 4) is 16.6 Å². The second-order valence-electron chi connectivity index (χ2n) is 5.55. The summed E-state index contributed by atoms with van der Waals surface area (Å²) >= 11 is 1.50. The number of hydrogen-bond acceptors (Lipinski definition) is 4. The van der Waals surface area contributed by atoms with Crippen molar-refractivity contribution in [3.63, 3.8) is 0 Å². The lowest BCUT2D eigenvalue weighted by Crippen LogP contribution is -2.23. The SMILES string of the molecule is Cn1nc(-c2ccc(C#N)cc2)s/c1=N/C1CCCC(F)C1. The number of alkyl halides is 1. The summed E-state index contributed by atoms with van der Waals surface area (Å²) in [4.78, 5) is 5.49. The van der Waals surface area contributed by atoms with Crippen LogP contribution in [0.4, 0.5) is 4.39 Å². The highest BCUT2D eigenvalue weighted by Crippen LogP contribution is 2.24. The highest BCUT2D eigenvalue weighted by atomic mass is 32.1. The minimum atomic E-state index is -0.723. The molecular weight excluding hydrogens is 299 g/mol. The Hall–Kier alpha value is -2.00. The Labute approximate surface area is 132 Å².